The van der Waals surface area contributed by atoms with Gasteiger partial charge in [0.1, 0.15) is 17.2 Å². The fourth-order valence-corrected chi connectivity index (χ4v) is 4.82. The van der Waals surface area contributed by atoms with E-state index in [-0.39, 0.29) is 5.56 Å². The van der Waals surface area contributed by atoms with Gasteiger partial charge in [0.25, 0.3) is 5.91 Å². The molecule has 1 atom stereocenters. The first kappa shape index (κ1) is 17.2. The average Bonchev–Trinajstić information content (AvgIpc) is 3.22. The number of aromatic amines is 1. The number of hydrogen-bond acceptors (Lipinski definition) is 4. The van der Waals surface area contributed by atoms with Crippen molar-refractivity contribution in [3.8, 4) is 10.7 Å². The van der Waals surface area contributed by atoms with Gasteiger partial charge in [-0.1, -0.05) is 19.8 Å². The number of fused-ring (bicyclic) bond motifs is 2. The summed E-state index contributed by atoms with van der Waals surface area (Å²) >= 11 is 1.71. The van der Waals surface area contributed by atoms with Crippen molar-refractivity contribution in [3.05, 3.63) is 40.0 Å². The summed E-state index contributed by atoms with van der Waals surface area (Å²) in [6, 6.07) is 5.04. The molecule has 2 aromatic heterocycles. The lowest BCUT2D eigenvalue weighted by atomic mass is 9.99. The van der Waals surface area contributed by atoms with Crippen LogP contribution in [-0.2, 0) is 6.42 Å². The van der Waals surface area contributed by atoms with E-state index in [1.165, 1.54) is 29.3 Å². The van der Waals surface area contributed by atoms with E-state index >= 15 is 0 Å². The number of carbonyl (C=O) groups is 1. The van der Waals surface area contributed by atoms with Gasteiger partial charge < -0.3 is 16.0 Å². The van der Waals surface area contributed by atoms with Crippen LogP contribution in [0.15, 0.2) is 18.2 Å². The molecule has 0 saturated carbocycles. The highest BCUT2D eigenvalue weighted by molar-refractivity contribution is 7.15. The predicted molar refractivity (Wildman–Crippen MR) is 102 cm³/mol. The van der Waals surface area contributed by atoms with Crippen LogP contribution in [0.4, 0.5) is 4.39 Å². The molecule has 0 saturated heterocycles. The molecule has 1 unspecified atom stereocenters. The molecule has 1 amide bonds. The van der Waals surface area contributed by atoms with Crippen molar-refractivity contribution in [1.29, 1.82) is 0 Å². The van der Waals surface area contributed by atoms with Crippen LogP contribution >= 0.6 is 11.3 Å². The van der Waals surface area contributed by atoms with E-state index in [0.29, 0.717) is 22.9 Å². The second-order valence-corrected chi connectivity index (χ2v) is 7.78. The molecule has 0 spiro atoms. The van der Waals surface area contributed by atoms with Gasteiger partial charge in [-0.25, -0.2) is 9.37 Å². The summed E-state index contributed by atoms with van der Waals surface area (Å²) < 4.78 is 13.8. The first-order chi connectivity index (χ1) is 12.6. The van der Waals surface area contributed by atoms with Crippen LogP contribution in [0.25, 0.3) is 21.7 Å². The zero-order chi connectivity index (χ0) is 18.3. The SMILES string of the molecule is CCCCC1NCCc2cc(-c3nc4c(C(N)=O)cc(F)cc4[nH]3)sc21. The largest absolute Gasteiger partial charge is 0.366 e. The summed E-state index contributed by atoms with van der Waals surface area (Å²) in [7, 11) is 0. The molecule has 1 aliphatic rings. The summed E-state index contributed by atoms with van der Waals surface area (Å²) in [6.07, 6.45) is 4.49. The third-order valence-corrected chi connectivity index (χ3v) is 6.14. The van der Waals surface area contributed by atoms with Crippen LogP contribution in [0.2, 0.25) is 0 Å². The maximum atomic E-state index is 13.8. The number of thiophene rings is 1. The van der Waals surface area contributed by atoms with Crippen molar-refractivity contribution >= 4 is 28.3 Å². The van der Waals surface area contributed by atoms with E-state index in [4.69, 9.17) is 5.73 Å². The molecule has 1 aliphatic heterocycles. The highest BCUT2D eigenvalue weighted by Crippen LogP contribution is 2.38. The maximum absolute atomic E-state index is 13.8. The molecule has 5 nitrogen and oxygen atoms in total. The number of unbranched alkanes of at least 4 members (excludes halogenated alkanes) is 1. The summed E-state index contributed by atoms with van der Waals surface area (Å²) in [4.78, 5) is 21.7. The van der Waals surface area contributed by atoms with Crippen molar-refractivity contribution in [2.24, 2.45) is 5.73 Å². The van der Waals surface area contributed by atoms with Gasteiger partial charge in [0.05, 0.1) is 16.0 Å². The Morgan fingerprint density at radius 2 is 2.27 bits per heavy atom. The van der Waals surface area contributed by atoms with Crippen molar-refractivity contribution in [2.75, 3.05) is 6.54 Å². The number of carbonyl (C=O) groups excluding carboxylic acids is 1. The highest BCUT2D eigenvalue weighted by atomic mass is 32.1. The van der Waals surface area contributed by atoms with E-state index in [2.05, 4.69) is 28.3 Å². The second kappa shape index (κ2) is 6.81. The molecule has 0 radical (unpaired) electrons. The van der Waals surface area contributed by atoms with Gasteiger partial charge in [-0.2, -0.15) is 0 Å². The molecule has 7 heteroatoms. The molecule has 4 N–H and O–H groups in total. The number of primary amides is 1. The Kier molecular flexibility index (Phi) is 4.50. The monoisotopic (exact) mass is 372 g/mol. The number of halogens is 1. The maximum Gasteiger partial charge on any atom is 0.251 e. The van der Waals surface area contributed by atoms with Gasteiger partial charge in [-0.05, 0) is 43.1 Å². The molecule has 1 aromatic carbocycles. The van der Waals surface area contributed by atoms with Gasteiger partial charge in [-0.15, -0.1) is 11.3 Å². The Bertz CT molecular complexity index is 977. The summed E-state index contributed by atoms with van der Waals surface area (Å²) in [5, 5.41) is 3.60. The van der Waals surface area contributed by atoms with Gasteiger partial charge >= 0.3 is 0 Å². The zero-order valence-electron chi connectivity index (χ0n) is 14.6. The standard InChI is InChI=1S/C19H21FN4OS/c1-2-3-4-13-17-10(5-6-22-13)7-15(26-17)19-23-14-9-11(20)8-12(18(21)25)16(14)24-19/h7-9,13,22H,2-6H2,1H3,(H2,21,25)(H,23,24). The Balaban J connectivity index is 1.76. The van der Waals surface area contributed by atoms with Crippen LogP contribution in [0.1, 0.15) is 53.0 Å². The summed E-state index contributed by atoms with van der Waals surface area (Å²) in [6.45, 7) is 3.18. The minimum atomic E-state index is -0.679. The molecule has 0 aliphatic carbocycles. The number of nitrogens with one attached hydrogen (secondary N) is 2. The molecule has 3 heterocycles. The second-order valence-electron chi connectivity index (χ2n) is 6.70. The third-order valence-electron chi connectivity index (χ3n) is 4.84. The fourth-order valence-electron chi connectivity index (χ4n) is 3.55. The molecule has 0 bridgehead atoms. The van der Waals surface area contributed by atoms with Gasteiger partial charge in [0, 0.05) is 10.9 Å². The number of aromatic nitrogens is 2. The lowest BCUT2D eigenvalue weighted by molar-refractivity contribution is 0.100. The topological polar surface area (TPSA) is 83.8 Å². The lowest BCUT2D eigenvalue weighted by Gasteiger charge is -2.23. The molecule has 4 rings (SSSR count). The van der Waals surface area contributed by atoms with Crippen LogP contribution in [0.3, 0.4) is 0 Å². The van der Waals surface area contributed by atoms with Gasteiger partial charge in [-0.3, -0.25) is 4.79 Å². The molecule has 3 aromatic rings. The number of nitrogens with two attached hydrogens (primary N) is 1. The quantitative estimate of drug-likeness (QED) is 0.635. The van der Waals surface area contributed by atoms with Crippen molar-refractivity contribution in [3.63, 3.8) is 0 Å². The number of benzene rings is 1. The number of nitrogens with zero attached hydrogens (tertiary/aromatic N) is 1. The van der Waals surface area contributed by atoms with Crippen molar-refractivity contribution in [2.45, 2.75) is 38.6 Å². The summed E-state index contributed by atoms with van der Waals surface area (Å²) in [5.74, 6) is -0.528. The minimum Gasteiger partial charge on any atom is -0.366 e. The van der Waals surface area contributed by atoms with Crippen molar-refractivity contribution in [1.82, 2.24) is 15.3 Å². The Hall–Kier alpha value is -2.25. The molecular formula is C19H21FN4OS. The number of H-pyrrole nitrogens is 1. The third kappa shape index (κ3) is 3.01. The van der Waals surface area contributed by atoms with E-state index in [0.717, 1.165) is 30.3 Å². The van der Waals surface area contributed by atoms with Crippen molar-refractivity contribution < 1.29 is 9.18 Å². The Morgan fingerprint density at radius 3 is 3.04 bits per heavy atom. The fraction of sp³-hybridized carbons (Fsp3) is 0.368. The lowest BCUT2D eigenvalue weighted by Crippen LogP contribution is -2.28. The van der Waals surface area contributed by atoms with E-state index in [1.54, 1.807) is 11.3 Å². The number of imidazole rings is 1. The first-order valence-electron chi connectivity index (χ1n) is 8.92. The zero-order valence-corrected chi connectivity index (χ0v) is 15.4. The van der Waals surface area contributed by atoms with Crippen LogP contribution in [-0.4, -0.2) is 22.4 Å². The average molecular weight is 372 g/mol. The molecule has 0 fully saturated rings. The Morgan fingerprint density at radius 1 is 1.42 bits per heavy atom. The first-order valence-corrected chi connectivity index (χ1v) is 9.74. The van der Waals surface area contributed by atoms with Crippen LogP contribution in [0, 0.1) is 5.82 Å². The number of hydrogen-bond donors (Lipinski definition) is 3. The van der Waals surface area contributed by atoms with E-state index in [9.17, 15) is 9.18 Å². The highest BCUT2D eigenvalue weighted by Gasteiger charge is 2.24. The van der Waals surface area contributed by atoms with Crippen LogP contribution < -0.4 is 11.1 Å². The smallest absolute Gasteiger partial charge is 0.251 e. The van der Waals surface area contributed by atoms with E-state index in [1.807, 2.05) is 0 Å². The normalized spacial score (nSPS) is 16.8. The van der Waals surface area contributed by atoms with Gasteiger partial charge in [0.2, 0.25) is 0 Å². The molecule has 26 heavy (non-hydrogen) atoms. The molecule has 136 valence electrons. The van der Waals surface area contributed by atoms with Gasteiger partial charge in [0.15, 0.2) is 0 Å². The number of rotatable bonds is 5. The predicted octanol–water partition coefficient (Wildman–Crippen LogP) is 3.91. The van der Waals surface area contributed by atoms with E-state index < -0.39 is 11.7 Å². The number of amides is 1. The van der Waals surface area contributed by atoms with Crippen LogP contribution in [0.5, 0.6) is 0 Å². The Labute approximate surface area is 154 Å². The minimum absolute atomic E-state index is 0.103. The molecular weight excluding hydrogens is 351 g/mol. The summed E-state index contributed by atoms with van der Waals surface area (Å²) in [5.41, 5.74) is 7.74.